The standard InChI is InChI=1S/C19H15BrN2O3/c1-12-6-8-14(16(20)10-12)18-9-7-13(25-18)11-21-22-19(24)15-4-2-3-5-17(15)23/h2-11,23H,1H3,(H,22,24)/b21-11+. The molecule has 1 aromatic heterocycles. The molecule has 0 atom stereocenters. The Balaban J connectivity index is 1.70. The number of hydrogen-bond donors (Lipinski definition) is 2. The highest BCUT2D eigenvalue weighted by Gasteiger charge is 2.10. The zero-order valence-corrected chi connectivity index (χ0v) is 14.9. The van der Waals surface area contributed by atoms with Crippen LogP contribution in [0.4, 0.5) is 0 Å². The van der Waals surface area contributed by atoms with Crippen molar-refractivity contribution in [2.45, 2.75) is 6.92 Å². The summed E-state index contributed by atoms with van der Waals surface area (Å²) in [4.78, 5) is 11.9. The molecule has 1 amide bonds. The monoisotopic (exact) mass is 398 g/mol. The van der Waals surface area contributed by atoms with Crippen molar-refractivity contribution in [1.82, 2.24) is 5.43 Å². The van der Waals surface area contributed by atoms with Crippen LogP contribution in [0.1, 0.15) is 21.7 Å². The van der Waals surface area contributed by atoms with Crippen molar-refractivity contribution in [3.8, 4) is 17.1 Å². The highest BCUT2D eigenvalue weighted by molar-refractivity contribution is 9.10. The quantitative estimate of drug-likeness (QED) is 0.502. The largest absolute Gasteiger partial charge is 0.507 e. The lowest BCUT2D eigenvalue weighted by molar-refractivity contribution is 0.0952. The number of carbonyl (C=O) groups is 1. The molecular weight excluding hydrogens is 384 g/mol. The summed E-state index contributed by atoms with van der Waals surface area (Å²) >= 11 is 3.52. The number of furan rings is 1. The summed E-state index contributed by atoms with van der Waals surface area (Å²) in [6.45, 7) is 2.02. The number of phenols is 1. The molecule has 0 saturated heterocycles. The lowest BCUT2D eigenvalue weighted by Gasteiger charge is -2.02. The Bertz CT molecular complexity index is 947. The molecule has 1 heterocycles. The van der Waals surface area contributed by atoms with Gasteiger partial charge in [-0.3, -0.25) is 4.79 Å². The molecule has 3 aromatic rings. The second-order valence-electron chi connectivity index (χ2n) is 5.40. The Morgan fingerprint density at radius 2 is 2.00 bits per heavy atom. The molecule has 0 fully saturated rings. The van der Waals surface area contributed by atoms with Gasteiger partial charge in [-0.25, -0.2) is 5.43 Å². The third-order valence-corrected chi connectivity index (χ3v) is 4.18. The van der Waals surface area contributed by atoms with Gasteiger partial charge in [-0.2, -0.15) is 5.10 Å². The van der Waals surface area contributed by atoms with Crippen LogP contribution < -0.4 is 5.43 Å². The van der Waals surface area contributed by atoms with Crippen molar-refractivity contribution in [2.24, 2.45) is 5.10 Å². The molecule has 0 spiro atoms. The van der Waals surface area contributed by atoms with Crippen molar-refractivity contribution < 1.29 is 14.3 Å². The van der Waals surface area contributed by atoms with Gasteiger partial charge in [0.05, 0.1) is 11.8 Å². The minimum Gasteiger partial charge on any atom is -0.507 e. The van der Waals surface area contributed by atoms with Crippen LogP contribution in [0.3, 0.4) is 0 Å². The first-order valence-electron chi connectivity index (χ1n) is 7.52. The Kier molecular flexibility index (Phi) is 5.00. The number of benzene rings is 2. The average molecular weight is 399 g/mol. The van der Waals surface area contributed by atoms with Crippen LogP contribution in [0.25, 0.3) is 11.3 Å². The first kappa shape index (κ1) is 17.0. The van der Waals surface area contributed by atoms with E-state index in [4.69, 9.17) is 4.42 Å². The molecule has 25 heavy (non-hydrogen) atoms. The summed E-state index contributed by atoms with van der Waals surface area (Å²) in [5.74, 6) is 0.600. The molecule has 2 aromatic carbocycles. The normalized spacial score (nSPS) is 11.0. The number of hydrogen-bond acceptors (Lipinski definition) is 4. The Labute approximate surface area is 153 Å². The smallest absolute Gasteiger partial charge is 0.275 e. The van der Waals surface area contributed by atoms with Crippen molar-refractivity contribution in [2.75, 3.05) is 0 Å². The van der Waals surface area contributed by atoms with E-state index in [1.165, 1.54) is 18.3 Å². The molecule has 126 valence electrons. The van der Waals surface area contributed by atoms with Crippen LogP contribution in [0.15, 0.2) is 68.6 Å². The SMILES string of the molecule is Cc1ccc(-c2ccc(/C=N/NC(=O)c3ccccc3O)o2)c(Br)c1. The van der Waals surface area contributed by atoms with Gasteiger partial charge in [0.15, 0.2) is 0 Å². The zero-order chi connectivity index (χ0) is 17.8. The van der Waals surface area contributed by atoms with E-state index in [1.807, 2.05) is 31.2 Å². The van der Waals surface area contributed by atoms with Gasteiger partial charge < -0.3 is 9.52 Å². The van der Waals surface area contributed by atoms with Crippen LogP contribution in [0, 0.1) is 6.92 Å². The first-order chi connectivity index (χ1) is 12.0. The van der Waals surface area contributed by atoms with Crippen LogP contribution in [0.2, 0.25) is 0 Å². The number of aromatic hydroxyl groups is 1. The summed E-state index contributed by atoms with van der Waals surface area (Å²) in [5.41, 5.74) is 4.60. The van der Waals surface area contributed by atoms with Gasteiger partial charge >= 0.3 is 0 Å². The minimum atomic E-state index is -0.498. The molecule has 0 unspecified atom stereocenters. The number of phenolic OH excluding ortho intramolecular Hbond substituents is 1. The van der Waals surface area contributed by atoms with Gasteiger partial charge in [0.2, 0.25) is 0 Å². The van der Waals surface area contributed by atoms with Crippen LogP contribution in [-0.4, -0.2) is 17.2 Å². The number of amides is 1. The topological polar surface area (TPSA) is 74.8 Å². The van der Waals surface area contributed by atoms with E-state index in [0.29, 0.717) is 11.5 Å². The fourth-order valence-corrected chi connectivity index (χ4v) is 2.96. The second kappa shape index (κ2) is 7.36. The maximum absolute atomic E-state index is 11.9. The number of para-hydroxylation sites is 1. The fraction of sp³-hybridized carbons (Fsp3) is 0.0526. The fourth-order valence-electron chi connectivity index (χ4n) is 2.27. The number of halogens is 1. The summed E-state index contributed by atoms with van der Waals surface area (Å²) in [6.07, 6.45) is 1.41. The second-order valence-corrected chi connectivity index (χ2v) is 6.26. The van der Waals surface area contributed by atoms with Crippen LogP contribution >= 0.6 is 15.9 Å². The maximum atomic E-state index is 11.9. The van der Waals surface area contributed by atoms with Crippen LogP contribution in [-0.2, 0) is 0 Å². The van der Waals surface area contributed by atoms with E-state index < -0.39 is 5.91 Å². The van der Waals surface area contributed by atoms with E-state index >= 15 is 0 Å². The molecule has 0 bridgehead atoms. The van der Waals surface area contributed by atoms with E-state index in [0.717, 1.165) is 15.6 Å². The van der Waals surface area contributed by atoms with Gasteiger partial charge in [0.1, 0.15) is 17.3 Å². The highest BCUT2D eigenvalue weighted by Crippen LogP contribution is 2.30. The molecule has 0 saturated carbocycles. The van der Waals surface area contributed by atoms with Gasteiger partial charge in [-0.15, -0.1) is 0 Å². The summed E-state index contributed by atoms with van der Waals surface area (Å²) < 4.78 is 6.66. The van der Waals surface area contributed by atoms with Crippen molar-refractivity contribution in [3.05, 3.63) is 76.0 Å². The van der Waals surface area contributed by atoms with E-state index in [2.05, 4.69) is 26.5 Å². The summed E-state index contributed by atoms with van der Waals surface area (Å²) in [5, 5.41) is 13.5. The molecule has 0 aliphatic heterocycles. The summed E-state index contributed by atoms with van der Waals surface area (Å²) in [7, 11) is 0. The minimum absolute atomic E-state index is 0.0975. The number of nitrogens with one attached hydrogen (secondary N) is 1. The van der Waals surface area contributed by atoms with Gasteiger partial charge in [0, 0.05) is 10.0 Å². The number of carbonyl (C=O) groups excluding carboxylic acids is 1. The molecule has 0 aliphatic rings. The zero-order valence-electron chi connectivity index (χ0n) is 13.4. The van der Waals surface area contributed by atoms with Crippen molar-refractivity contribution >= 4 is 28.1 Å². The molecule has 5 nitrogen and oxygen atoms in total. The average Bonchev–Trinajstić information content (AvgIpc) is 3.03. The lowest BCUT2D eigenvalue weighted by atomic mass is 10.1. The molecule has 6 heteroatoms. The Hall–Kier alpha value is -2.86. The van der Waals surface area contributed by atoms with Gasteiger partial charge in [0.25, 0.3) is 5.91 Å². The predicted molar refractivity (Wildman–Crippen MR) is 99.7 cm³/mol. The first-order valence-corrected chi connectivity index (χ1v) is 8.31. The van der Waals surface area contributed by atoms with E-state index in [-0.39, 0.29) is 11.3 Å². The lowest BCUT2D eigenvalue weighted by Crippen LogP contribution is -2.17. The molecule has 0 aliphatic carbocycles. The number of aryl methyl sites for hydroxylation is 1. The molecule has 0 radical (unpaired) electrons. The van der Waals surface area contributed by atoms with E-state index in [9.17, 15) is 9.90 Å². The molecule has 3 rings (SSSR count). The maximum Gasteiger partial charge on any atom is 0.275 e. The highest BCUT2D eigenvalue weighted by atomic mass is 79.9. The van der Waals surface area contributed by atoms with E-state index in [1.54, 1.807) is 18.2 Å². The van der Waals surface area contributed by atoms with Crippen molar-refractivity contribution in [3.63, 3.8) is 0 Å². The number of nitrogens with zero attached hydrogens (tertiary/aromatic N) is 1. The Morgan fingerprint density at radius 1 is 1.20 bits per heavy atom. The van der Waals surface area contributed by atoms with Gasteiger partial charge in [-0.1, -0.05) is 34.1 Å². The number of rotatable bonds is 4. The third kappa shape index (κ3) is 3.97. The Morgan fingerprint density at radius 3 is 2.76 bits per heavy atom. The van der Waals surface area contributed by atoms with Crippen LogP contribution in [0.5, 0.6) is 5.75 Å². The molecular formula is C19H15BrN2O3. The van der Waals surface area contributed by atoms with Gasteiger partial charge in [-0.05, 0) is 48.9 Å². The number of hydrazone groups is 1. The summed E-state index contributed by atoms with van der Waals surface area (Å²) in [6, 6.07) is 15.8. The van der Waals surface area contributed by atoms with Crippen molar-refractivity contribution in [1.29, 1.82) is 0 Å². The molecule has 2 N–H and O–H groups in total. The third-order valence-electron chi connectivity index (χ3n) is 3.52. The predicted octanol–water partition coefficient (Wildman–Crippen LogP) is 4.49.